The summed E-state index contributed by atoms with van der Waals surface area (Å²) in [6.07, 6.45) is 6.90. The van der Waals surface area contributed by atoms with Gasteiger partial charge in [0.15, 0.2) is 0 Å². The van der Waals surface area contributed by atoms with Crippen LogP contribution in [0.1, 0.15) is 187 Å². The van der Waals surface area contributed by atoms with Crippen molar-refractivity contribution in [2.75, 3.05) is 9.80 Å². The molecule has 2 aliphatic heterocycles. The van der Waals surface area contributed by atoms with Crippen molar-refractivity contribution in [2.45, 2.75) is 187 Å². The number of aryl methyl sites for hydroxylation is 1. The first-order valence-corrected chi connectivity index (χ1v) is 25.7. The average Bonchev–Trinajstić information content (AvgIpc) is 3.68. The van der Waals surface area contributed by atoms with Gasteiger partial charge in [-0.3, -0.25) is 0 Å². The molecule has 0 radical (unpaired) electrons. The van der Waals surface area contributed by atoms with Crippen molar-refractivity contribution >= 4 is 57.4 Å². The Kier molecular flexibility index (Phi) is 9.36. The highest BCUT2D eigenvalue weighted by atomic mass is 16.3. The summed E-state index contributed by atoms with van der Waals surface area (Å²) in [4.78, 5) is 5.37. The summed E-state index contributed by atoms with van der Waals surface area (Å²) >= 11 is 0. The van der Waals surface area contributed by atoms with E-state index in [1.54, 1.807) is 0 Å². The zero-order chi connectivity index (χ0) is 47.8. The molecule has 346 valence electrons. The Labute approximate surface area is 403 Å². The molecule has 6 aromatic rings. The van der Waals surface area contributed by atoms with Crippen LogP contribution in [0.15, 0.2) is 95.4 Å². The highest BCUT2D eigenvalue weighted by Crippen LogP contribution is 2.57. The SMILES string of the molecule is Cc1cc2c3c(c1)N(c1ccc(C(C)(C)C)cc1-c1ccccc1)c1c(oc4c1C(C)(C)CCC4(C)C)B3c1cc3c(cc1N2c1ccc2c(c1)C(C)(C)CCC2(C)C)C(C)(C)CCC3(C)C. The van der Waals surface area contributed by atoms with Crippen LogP contribution in [0, 0.1) is 6.92 Å². The normalized spacial score (nSPS) is 20.8. The molecule has 0 saturated carbocycles. The maximum absolute atomic E-state index is 7.83. The quantitative estimate of drug-likeness (QED) is 0.165. The van der Waals surface area contributed by atoms with Gasteiger partial charge in [-0.15, -0.1) is 0 Å². The summed E-state index contributed by atoms with van der Waals surface area (Å²) in [7, 11) is 0. The Hall–Kier alpha value is -4.96. The first-order valence-electron chi connectivity index (χ1n) is 25.7. The van der Waals surface area contributed by atoms with E-state index in [1.165, 1.54) is 127 Å². The number of furan rings is 1. The predicted molar refractivity (Wildman–Crippen MR) is 287 cm³/mol. The monoisotopic (exact) mass is 887 g/mol. The van der Waals surface area contributed by atoms with Gasteiger partial charge in [0.05, 0.1) is 17.0 Å². The Morgan fingerprint density at radius 3 is 1.69 bits per heavy atom. The fourth-order valence-corrected chi connectivity index (χ4v) is 13.3. The number of hydrogen-bond acceptors (Lipinski definition) is 3. The fraction of sp³-hybridized carbons (Fsp3) is 0.460. The largest absolute Gasteiger partial charge is 0.472 e. The van der Waals surface area contributed by atoms with Gasteiger partial charge in [0, 0.05) is 39.3 Å². The molecule has 0 fully saturated rings. The van der Waals surface area contributed by atoms with Crippen LogP contribution in [0.2, 0.25) is 0 Å². The number of anilines is 6. The van der Waals surface area contributed by atoms with Gasteiger partial charge in [-0.05, 0) is 170 Å². The Balaban J connectivity index is 1.29. The van der Waals surface area contributed by atoms with Crippen molar-refractivity contribution in [3.8, 4) is 11.1 Å². The molecule has 0 saturated heterocycles. The average molecular weight is 887 g/mol. The number of rotatable bonds is 3. The fourth-order valence-electron chi connectivity index (χ4n) is 13.3. The van der Waals surface area contributed by atoms with E-state index in [4.69, 9.17) is 4.42 Å². The second-order valence-corrected chi connectivity index (χ2v) is 26.7. The van der Waals surface area contributed by atoms with Crippen LogP contribution in [0.25, 0.3) is 11.1 Å². The predicted octanol–water partition coefficient (Wildman–Crippen LogP) is 15.7. The van der Waals surface area contributed by atoms with Gasteiger partial charge >= 0.3 is 0 Å². The van der Waals surface area contributed by atoms with Crippen LogP contribution >= 0.6 is 0 Å². The summed E-state index contributed by atoms with van der Waals surface area (Å²) in [6, 6.07) is 36.3. The Bertz CT molecular complexity index is 3040. The van der Waals surface area contributed by atoms with Gasteiger partial charge in [-0.25, -0.2) is 0 Å². The second kappa shape index (κ2) is 14.1. The smallest absolute Gasteiger partial charge is 0.297 e. The molecule has 0 unspecified atom stereocenters. The van der Waals surface area contributed by atoms with Crippen molar-refractivity contribution in [1.29, 1.82) is 0 Å². The number of hydrogen-bond donors (Lipinski definition) is 0. The lowest BCUT2D eigenvalue weighted by Crippen LogP contribution is -2.61. The molecule has 0 spiro atoms. The van der Waals surface area contributed by atoms with E-state index in [0.29, 0.717) is 0 Å². The minimum absolute atomic E-state index is 0.0200. The van der Waals surface area contributed by atoms with E-state index < -0.39 is 0 Å². The van der Waals surface area contributed by atoms with Crippen LogP contribution in [-0.2, 0) is 37.9 Å². The molecule has 3 heterocycles. The van der Waals surface area contributed by atoms with Crippen molar-refractivity contribution in [3.63, 3.8) is 0 Å². The van der Waals surface area contributed by atoms with Gasteiger partial charge < -0.3 is 14.2 Å². The minimum atomic E-state index is -0.119. The number of benzene rings is 5. The van der Waals surface area contributed by atoms with Crippen molar-refractivity contribution in [2.24, 2.45) is 0 Å². The molecule has 0 bridgehead atoms. The summed E-state index contributed by atoms with van der Waals surface area (Å²) in [5, 5.41) is 0. The Morgan fingerprint density at radius 1 is 0.507 bits per heavy atom. The van der Waals surface area contributed by atoms with E-state index in [-0.39, 0.29) is 44.6 Å². The molecule has 0 N–H and O–H groups in total. The van der Waals surface area contributed by atoms with Gasteiger partial charge in [-0.2, -0.15) is 0 Å². The standard InChI is InChI=1S/C63H75BN2O/c1-38-32-50-53-51(33-38)66(48-25-22-40(57(2,3)4)34-42(48)39-20-18-17-19-21-39)54-52-55(63(15,16)31-30-62(52,13)14)67-56(54)64(53)47-36-45-46(61(11,12)29-28-60(45,9)10)37-49(47)65(50)41-23-24-43-44(35-41)59(7,8)27-26-58(43,5)6/h17-25,32-37H,26-31H2,1-16H3. The van der Waals surface area contributed by atoms with Crippen LogP contribution in [-0.4, -0.2) is 6.71 Å². The highest BCUT2D eigenvalue weighted by Gasteiger charge is 2.54. The van der Waals surface area contributed by atoms with Gasteiger partial charge in [0.2, 0.25) is 0 Å². The molecule has 3 nitrogen and oxygen atoms in total. The number of fused-ring (bicyclic) bond motifs is 8. The van der Waals surface area contributed by atoms with Crippen molar-refractivity contribution in [1.82, 2.24) is 0 Å². The van der Waals surface area contributed by atoms with Crippen LogP contribution in [0.3, 0.4) is 0 Å². The van der Waals surface area contributed by atoms with Crippen LogP contribution in [0.4, 0.5) is 34.1 Å². The maximum Gasteiger partial charge on any atom is 0.297 e. The Morgan fingerprint density at radius 2 is 1.06 bits per heavy atom. The van der Waals surface area contributed by atoms with Gasteiger partial charge in [-0.1, -0.05) is 152 Å². The lowest BCUT2D eigenvalue weighted by molar-refractivity contribution is 0.282. The summed E-state index contributed by atoms with van der Waals surface area (Å²) in [5.41, 5.74) is 23.9. The first-order chi connectivity index (χ1) is 31.2. The molecular weight excluding hydrogens is 812 g/mol. The molecule has 5 aliphatic rings. The summed E-state index contributed by atoms with van der Waals surface area (Å²) in [5.74, 6) is 1.17. The van der Waals surface area contributed by atoms with Crippen molar-refractivity contribution in [3.05, 3.63) is 136 Å². The molecular formula is C63H75BN2O. The lowest BCUT2D eigenvalue weighted by Gasteiger charge is -2.47. The molecule has 1 aromatic heterocycles. The first kappa shape index (κ1) is 44.5. The van der Waals surface area contributed by atoms with E-state index >= 15 is 0 Å². The molecule has 5 aromatic carbocycles. The lowest BCUT2D eigenvalue weighted by atomic mass is 9.35. The molecule has 4 heteroatoms. The zero-order valence-corrected chi connectivity index (χ0v) is 43.8. The van der Waals surface area contributed by atoms with Crippen LogP contribution in [0.5, 0.6) is 0 Å². The molecule has 0 atom stereocenters. The third kappa shape index (κ3) is 6.57. The second-order valence-electron chi connectivity index (χ2n) is 26.7. The van der Waals surface area contributed by atoms with Crippen molar-refractivity contribution < 1.29 is 4.42 Å². The van der Waals surface area contributed by atoms with Crippen LogP contribution < -0.4 is 26.4 Å². The zero-order valence-electron chi connectivity index (χ0n) is 43.8. The van der Waals surface area contributed by atoms with E-state index in [0.717, 1.165) is 18.5 Å². The third-order valence-corrected chi connectivity index (χ3v) is 17.9. The molecule has 67 heavy (non-hydrogen) atoms. The number of nitrogens with zero attached hydrogens (tertiary/aromatic N) is 2. The minimum Gasteiger partial charge on any atom is -0.472 e. The topological polar surface area (TPSA) is 19.6 Å². The highest BCUT2D eigenvalue weighted by molar-refractivity contribution is 6.99. The molecule has 3 aliphatic carbocycles. The summed E-state index contributed by atoms with van der Waals surface area (Å²) in [6.45, 7) is 38.8. The van der Waals surface area contributed by atoms with E-state index in [2.05, 4.69) is 212 Å². The maximum atomic E-state index is 7.83. The van der Waals surface area contributed by atoms with Gasteiger partial charge in [0.25, 0.3) is 6.71 Å². The third-order valence-electron chi connectivity index (χ3n) is 17.9. The molecule has 0 amide bonds. The van der Waals surface area contributed by atoms with E-state index in [9.17, 15) is 0 Å². The summed E-state index contributed by atoms with van der Waals surface area (Å²) < 4.78 is 7.83. The molecule has 11 rings (SSSR count). The van der Waals surface area contributed by atoms with Gasteiger partial charge in [0.1, 0.15) is 5.76 Å². The van der Waals surface area contributed by atoms with E-state index in [1.807, 2.05) is 0 Å².